The molecule has 2 atom stereocenters. The summed E-state index contributed by atoms with van der Waals surface area (Å²) < 4.78 is 29.3. The van der Waals surface area contributed by atoms with Crippen LogP contribution < -0.4 is 9.62 Å². The van der Waals surface area contributed by atoms with Crippen molar-refractivity contribution < 1.29 is 18.0 Å². The van der Waals surface area contributed by atoms with E-state index in [4.69, 9.17) is 34.8 Å². The van der Waals surface area contributed by atoms with Crippen molar-refractivity contribution in [2.24, 2.45) is 0 Å². The fraction of sp³-hybridized carbons (Fsp3) is 0.257. The zero-order valence-electron chi connectivity index (χ0n) is 25.8. The van der Waals surface area contributed by atoms with Crippen LogP contribution in [0.3, 0.4) is 0 Å². The first-order valence-electron chi connectivity index (χ1n) is 14.8. The zero-order chi connectivity index (χ0) is 33.4. The third kappa shape index (κ3) is 9.26. The lowest BCUT2D eigenvalue weighted by Crippen LogP contribution is -2.54. The Balaban J connectivity index is 1.83. The van der Waals surface area contributed by atoms with Gasteiger partial charge in [0.05, 0.1) is 10.6 Å². The van der Waals surface area contributed by atoms with Crippen LogP contribution in [-0.2, 0) is 32.6 Å². The second-order valence-electron chi connectivity index (χ2n) is 11.1. The maximum atomic E-state index is 14.6. The highest BCUT2D eigenvalue weighted by Crippen LogP contribution is 2.30. The van der Waals surface area contributed by atoms with Crippen molar-refractivity contribution in [2.45, 2.75) is 57.1 Å². The first-order chi connectivity index (χ1) is 21.9. The van der Waals surface area contributed by atoms with Crippen molar-refractivity contribution in [1.29, 1.82) is 0 Å². The summed E-state index contributed by atoms with van der Waals surface area (Å²) >= 11 is 18.9. The molecule has 0 saturated carbocycles. The van der Waals surface area contributed by atoms with Gasteiger partial charge in [0.1, 0.15) is 12.6 Å². The topological polar surface area (TPSA) is 86.8 Å². The smallest absolute Gasteiger partial charge is 0.264 e. The van der Waals surface area contributed by atoms with Gasteiger partial charge in [-0.3, -0.25) is 13.9 Å². The zero-order valence-corrected chi connectivity index (χ0v) is 28.9. The number of nitrogens with one attached hydrogen (secondary N) is 1. The molecule has 2 amide bonds. The molecule has 0 aliphatic heterocycles. The molecule has 242 valence electrons. The van der Waals surface area contributed by atoms with E-state index >= 15 is 0 Å². The van der Waals surface area contributed by atoms with Crippen molar-refractivity contribution in [3.63, 3.8) is 0 Å². The number of rotatable bonds is 13. The molecular formula is C35H36Cl3N3O4S. The fourth-order valence-electron chi connectivity index (χ4n) is 4.88. The van der Waals surface area contributed by atoms with E-state index in [2.05, 4.69) is 5.32 Å². The molecule has 0 aromatic heterocycles. The van der Waals surface area contributed by atoms with Crippen LogP contribution in [0.4, 0.5) is 5.69 Å². The molecule has 0 aliphatic carbocycles. The standard InChI is InChI=1S/C35H36Cl3N3O4S/c1-4-25(3)39-35(43)33(18-26-9-6-5-7-10-26)40(22-27-11-8-12-28(36)17-27)34(42)23-41(31-20-29(37)19-30(38)21-31)46(44,45)32-15-13-24(2)14-16-32/h5-17,19-21,25,33H,4,18,22-23H2,1-3H3,(H,39,43)/t25-,33-/m0/s1. The number of nitrogens with zero attached hydrogens (tertiary/aromatic N) is 2. The molecule has 0 bridgehead atoms. The molecule has 7 nitrogen and oxygen atoms in total. The van der Waals surface area contributed by atoms with Gasteiger partial charge < -0.3 is 10.2 Å². The minimum absolute atomic E-state index is 0.000455. The van der Waals surface area contributed by atoms with Crippen molar-refractivity contribution in [1.82, 2.24) is 10.2 Å². The van der Waals surface area contributed by atoms with E-state index in [0.717, 1.165) is 15.4 Å². The number of benzene rings is 4. The molecule has 0 spiro atoms. The van der Waals surface area contributed by atoms with E-state index in [1.807, 2.05) is 51.1 Å². The third-order valence-corrected chi connectivity index (χ3v) is 10.00. The van der Waals surface area contributed by atoms with Crippen LogP contribution >= 0.6 is 34.8 Å². The molecule has 0 fully saturated rings. The number of carbonyl (C=O) groups excluding carboxylic acids is 2. The van der Waals surface area contributed by atoms with Crippen LogP contribution in [0.25, 0.3) is 0 Å². The molecule has 0 heterocycles. The molecule has 0 unspecified atom stereocenters. The summed E-state index contributed by atoms with van der Waals surface area (Å²) in [4.78, 5) is 29.9. The van der Waals surface area contributed by atoms with E-state index in [0.29, 0.717) is 17.0 Å². The number of carbonyl (C=O) groups is 2. The number of hydrogen-bond donors (Lipinski definition) is 1. The predicted molar refractivity (Wildman–Crippen MR) is 186 cm³/mol. The van der Waals surface area contributed by atoms with Gasteiger partial charge in [0.25, 0.3) is 10.0 Å². The Kier molecular flexibility index (Phi) is 12.1. The SMILES string of the molecule is CC[C@H](C)NC(=O)[C@H](Cc1ccccc1)N(Cc1cccc(Cl)c1)C(=O)CN(c1cc(Cl)cc(Cl)c1)S(=O)(=O)c1ccc(C)cc1. The van der Waals surface area contributed by atoms with Crippen molar-refractivity contribution >= 4 is 62.3 Å². The fourth-order valence-corrected chi connectivity index (χ4v) is 7.00. The Morgan fingerprint density at radius 1 is 0.804 bits per heavy atom. The second-order valence-corrected chi connectivity index (χ2v) is 14.3. The molecule has 4 rings (SSSR count). The highest BCUT2D eigenvalue weighted by molar-refractivity contribution is 7.92. The van der Waals surface area contributed by atoms with E-state index in [9.17, 15) is 18.0 Å². The Hall–Kier alpha value is -3.56. The van der Waals surface area contributed by atoms with Gasteiger partial charge in [-0.2, -0.15) is 0 Å². The number of halogens is 3. The maximum Gasteiger partial charge on any atom is 0.264 e. The van der Waals surface area contributed by atoms with Crippen LogP contribution in [0.2, 0.25) is 15.1 Å². The predicted octanol–water partition coefficient (Wildman–Crippen LogP) is 7.71. The first-order valence-corrected chi connectivity index (χ1v) is 17.4. The highest BCUT2D eigenvalue weighted by atomic mass is 35.5. The number of sulfonamides is 1. The summed E-state index contributed by atoms with van der Waals surface area (Å²) in [6.07, 6.45) is 0.882. The molecule has 4 aromatic rings. The quantitative estimate of drug-likeness (QED) is 0.155. The largest absolute Gasteiger partial charge is 0.352 e. The monoisotopic (exact) mass is 699 g/mol. The molecule has 0 aliphatic rings. The van der Waals surface area contributed by atoms with Gasteiger partial charge in [-0.1, -0.05) is 102 Å². The van der Waals surface area contributed by atoms with Crippen LogP contribution in [0, 0.1) is 6.92 Å². The summed E-state index contributed by atoms with van der Waals surface area (Å²) in [5.41, 5.74) is 2.49. The van der Waals surface area contributed by atoms with Crippen LogP contribution in [0.1, 0.15) is 37.0 Å². The lowest BCUT2D eigenvalue weighted by Gasteiger charge is -2.34. The molecule has 46 heavy (non-hydrogen) atoms. The Morgan fingerprint density at radius 2 is 1.43 bits per heavy atom. The molecule has 4 aromatic carbocycles. The van der Waals surface area contributed by atoms with Crippen LogP contribution in [-0.4, -0.2) is 43.8 Å². The molecule has 0 radical (unpaired) electrons. The first kappa shape index (κ1) is 35.3. The minimum atomic E-state index is -4.29. The molecule has 11 heteroatoms. The summed E-state index contributed by atoms with van der Waals surface area (Å²) in [6, 6.07) is 25.9. The van der Waals surface area contributed by atoms with Gasteiger partial charge >= 0.3 is 0 Å². The average Bonchev–Trinajstić information content (AvgIpc) is 3.01. The highest BCUT2D eigenvalue weighted by Gasteiger charge is 2.35. The van der Waals surface area contributed by atoms with Crippen LogP contribution in [0.5, 0.6) is 0 Å². The number of hydrogen-bond acceptors (Lipinski definition) is 4. The lowest BCUT2D eigenvalue weighted by molar-refractivity contribution is -0.140. The third-order valence-electron chi connectivity index (χ3n) is 7.54. The molecular weight excluding hydrogens is 665 g/mol. The van der Waals surface area contributed by atoms with Crippen molar-refractivity contribution in [3.05, 3.63) is 129 Å². The second kappa shape index (κ2) is 15.8. The van der Waals surface area contributed by atoms with E-state index in [1.54, 1.807) is 36.4 Å². The van der Waals surface area contributed by atoms with Gasteiger partial charge in [-0.05, 0) is 73.9 Å². The van der Waals surface area contributed by atoms with Crippen LogP contribution in [0.15, 0.2) is 102 Å². The van der Waals surface area contributed by atoms with E-state index < -0.39 is 28.5 Å². The number of anilines is 1. The Bertz CT molecular complexity index is 1750. The maximum absolute atomic E-state index is 14.6. The van der Waals surface area contributed by atoms with E-state index in [-0.39, 0.29) is 45.5 Å². The lowest BCUT2D eigenvalue weighted by atomic mass is 10.0. The van der Waals surface area contributed by atoms with Gasteiger partial charge in [-0.15, -0.1) is 0 Å². The molecule has 1 N–H and O–H groups in total. The summed E-state index contributed by atoms with van der Waals surface area (Å²) in [5, 5.41) is 3.88. The minimum Gasteiger partial charge on any atom is -0.352 e. The van der Waals surface area contributed by atoms with Gasteiger partial charge in [-0.25, -0.2) is 8.42 Å². The van der Waals surface area contributed by atoms with Gasteiger partial charge in [0, 0.05) is 34.1 Å². The average molecular weight is 701 g/mol. The Morgan fingerprint density at radius 3 is 2.04 bits per heavy atom. The normalized spacial score (nSPS) is 12.7. The summed E-state index contributed by atoms with van der Waals surface area (Å²) in [6.45, 7) is 5.06. The van der Waals surface area contributed by atoms with Gasteiger partial charge in [0.2, 0.25) is 11.8 Å². The van der Waals surface area contributed by atoms with Crippen molar-refractivity contribution in [2.75, 3.05) is 10.8 Å². The Labute approximate surface area is 286 Å². The van der Waals surface area contributed by atoms with E-state index in [1.165, 1.54) is 35.2 Å². The number of aryl methyl sites for hydroxylation is 1. The van der Waals surface area contributed by atoms with Crippen molar-refractivity contribution in [3.8, 4) is 0 Å². The number of amides is 2. The summed E-state index contributed by atoms with van der Waals surface area (Å²) in [5.74, 6) is -0.959. The van der Waals surface area contributed by atoms with Gasteiger partial charge in [0.15, 0.2) is 0 Å². The molecule has 0 saturated heterocycles. The summed E-state index contributed by atoms with van der Waals surface area (Å²) in [7, 11) is -4.29.